The first-order chi connectivity index (χ1) is 9.13. The molecule has 2 rings (SSSR count). The van der Waals surface area contributed by atoms with Gasteiger partial charge in [-0.25, -0.2) is 0 Å². The van der Waals surface area contributed by atoms with Gasteiger partial charge >= 0.3 is 0 Å². The van der Waals surface area contributed by atoms with E-state index in [-0.39, 0.29) is 17.9 Å². The van der Waals surface area contributed by atoms with Gasteiger partial charge < -0.3 is 19.9 Å². The van der Waals surface area contributed by atoms with Gasteiger partial charge in [0.2, 0.25) is 5.91 Å². The number of carbonyl (C=O) groups is 1. The first-order valence-electron chi connectivity index (χ1n) is 7.32. The lowest BCUT2D eigenvalue weighted by Crippen LogP contribution is -2.55. The summed E-state index contributed by atoms with van der Waals surface area (Å²) in [5.74, 6) is 0.0904. The molecule has 110 valence electrons. The molecule has 1 aliphatic carbocycles. The first kappa shape index (κ1) is 14.8. The van der Waals surface area contributed by atoms with Crippen LogP contribution in [0.2, 0.25) is 0 Å². The smallest absolute Gasteiger partial charge is 0.223 e. The second-order valence-corrected chi connectivity index (χ2v) is 5.67. The Morgan fingerprint density at radius 2 is 2.21 bits per heavy atom. The molecular weight excluding hydrogens is 246 g/mol. The van der Waals surface area contributed by atoms with Crippen LogP contribution < -0.4 is 5.32 Å². The van der Waals surface area contributed by atoms with E-state index in [0.29, 0.717) is 32.6 Å². The molecule has 5 heteroatoms. The molecule has 0 radical (unpaired) electrons. The highest BCUT2D eigenvalue weighted by molar-refractivity contribution is 5.78. The van der Waals surface area contributed by atoms with Crippen molar-refractivity contribution >= 4 is 5.91 Å². The van der Waals surface area contributed by atoms with Crippen molar-refractivity contribution in [2.75, 3.05) is 26.4 Å². The van der Waals surface area contributed by atoms with Gasteiger partial charge in [0, 0.05) is 45.1 Å². The van der Waals surface area contributed by atoms with Gasteiger partial charge in [-0.2, -0.15) is 0 Å². The van der Waals surface area contributed by atoms with Crippen LogP contribution in [0.4, 0.5) is 0 Å². The Balaban J connectivity index is 1.68. The summed E-state index contributed by atoms with van der Waals surface area (Å²) in [6.07, 6.45) is 3.99. The Bertz CT molecular complexity index is 294. The van der Waals surface area contributed by atoms with Crippen molar-refractivity contribution in [3.05, 3.63) is 0 Å². The molecule has 0 spiro atoms. The van der Waals surface area contributed by atoms with Gasteiger partial charge in [0.25, 0.3) is 0 Å². The molecule has 0 aromatic rings. The van der Waals surface area contributed by atoms with Crippen LogP contribution in [-0.4, -0.2) is 49.1 Å². The van der Waals surface area contributed by atoms with Gasteiger partial charge in [-0.3, -0.25) is 4.79 Å². The Hall–Kier alpha value is -0.650. The maximum absolute atomic E-state index is 12.0. The summed E-state index contributed by atoms with van der Waals surface area (Å²) >= 11 is 0. The summed E-state index contributed by atoms with van der Waals surface area (Å²) in [5, 5.41) is 13.1. The predicted molar refractivity (Wildman–Crippen MR) is 70.8 cm³/mol. The second-order valence-electron chi connectivity index (χ2n) is 5.67. The van der Waals surface area contributed by atoms with E-state index < -0.39 is 5.60 Å². The van der Waals surface area contributed by atoms with Crippen molar-refractivity contribution in [2.45, 2.75) is 50.7 Å². The summed E-state index contributed by atoms with van der Waals surface area (Å²) in [4.78, 5) is 12.0. The van der Waals surface area contributed by atoms with Gasteiger partial charge in [0.15, 0.2) is 0 Å². The minimum absolute atomic E-state index is 0.0360. The topological polar surface area (TPSA) is 67.8 Å². The lowest BCUT2D eigenvalue weighted by molar-refractivity contribution is -0.143. The molecule has 1 saturated carbocycles. The Morgan fingerprint density at radius 1 is 1.42 bits per heavy atom. The molecule has 19 heavy (non-hydrogen) atoms. The van der Waals surface area contributed by atoms with Crippen LogP contribution in [0.3, 0.4) is 0 Å². The van der Waals surface area contributed by atoms with Crippen LogP contribution in [0.5, 0.6) is 0 Å². The van der Waals surface area contributed by atoms with Crippen molar-refractivity contribution < 1.29 is 19.4 Å². The fourth-order valence-electron chi connectivity index (χ4n) is 2.85. The van der Waals surface area contributed by atoms with Gasteiger partial charge in [0.1, 0.15) is 0 Å². The van der Waals surface area contributed by atoms with Crippen molar-refractivity contribution in [1.29, 1.82) is 0 Å². The van der Waals surface area contributed by atoms with Gasteiger partial charge in [-0.1, -0.05) is 0 Å². The maximum Gasteiger partial charge on any atom is 0.223 e. The monoisotopic (exact) mass is 271 g/mol. The molecule has 5 nitrogen and oxygen atoms in total. The van der Waals surface area contributed by atoms with Crippen molar-refractivity contribution in [3.8, 4) is 0 Å². The van der Waals surface area contributed by atoms with E-state index in [1.165, 1.54) is 0 Å². The number of ether oxygens (including phenoxy) is 2. The molecule has 1 amide bonds. The lowest BCUT2D eigenvalue weighted by atomic mass is 9.77. The molecule has 0 aromatic heterocycles. The summed E-state index contributed by atoms with van der Waals surface area (Å²) in [5.41, 5.74) is -0.767. The zero-order valence-electron chi connectivity index (χ0n) is 11.7. The van der Waals surface area contributed by atoms with Crippen LogP contribution in [-0.2, 0) is 14.3 Å². The normalized spacial score (nSPS) is 35.3. The second kappa shape index (κ2) is 6.68. The van der Waals surface area contributed by atoms with Crippen LogP contribution in [0.15, 0.2) is 0 Å². The molecule has 2 fully saturated rings. The lowest BCUT2D eigenvalue weighted by Gasteiger charge is -2.43. The third kappa shape index (κ3) is 4.16. The molecule has 2 aliphatic rings. The zero-order chi connectivity index (χ0) is 13.7. The van der Waals surface area contributed by atoms with Gasteiger partial charge in [0.05, 0.1) is 11.7 Å². The highest BCUT2D eigenvalue weighted by Gasteiger charge is 2.43. The minimum atomic E-state index is -0.767. The molecule has 2 N–H and O–H groups in total. The average molecular weight is 271 g/mol. The molecular formula is C14H25NO4. The fourth-order valence-corrected chi connectivity index (χ4v) is 2.85. The zero-order valence-corrected chi connectivity index (χ0v) is 11.7. The van der Waals surface area contributed by atoms with Crippen molar-refractivity contribution in [2.24, 2.45) is 5.92 Å². The van der Waals surface area contributed by atoms with E-state index in [0.717, 1.165) is 25.9 Å². The first-order valence-corrected chi connectivity index (χ1v) is 7.32. The number of hydrogen-bond acceptors (Lipinski definition) is 4. The van der Waals surface area contributed by atoms with E-state index in [2.05, 4.69) is 5.32 Å². The molecule has 1 aliphatic heterocycles. The van der Waals surface area contributed by atoms with Crippen LogP contribution >= 0.6 is 0 Å². The van der Waals surface area contributed by atoms with Gasteiger partial charge in [-0.15, -0.1) is 0 Å². The van der Waals surface area contributed by atoms with Crippen molar-refractivity contribution in [3.63, 3.8) is 0 Å². The van der Waals surface area contributed by atoms with Crippen LogP contribution in [0.1, 0.15) is 39.0 Å². The molecule has 0 aromatic carbocycles. The number of rotatable bonds is 5. The van der Waals surface area contributed by atoms with E-state index in [4.69, 9.17) is 9.47 Å². The Labute approximate surface area is 114 Å². The highest BCUT2D eigenvalue weighted by atomic mass is 16.5. The SMILES string of the molecule is CCOC1CC(O)(CNC(=O)C2CCCOCC2)C1. The van der Waals surface area contributed by atoms with E-state index in [1.54, 1.807) is 0 Å². The largest absolute Gasteiger partial charge is 0.388 e. The summed E-state index contributed by atoms with van der Waals surface area (Å²) in [6, 6.07) is 0. The third-order valence-corrected chi connectivity index (χ3v) is 4.03. The number of aliphatic hydroxyl groups is 1. The number of amides is 1. The Morgan fingerprint density at radius 3 is 2.95 bits per heavy atom. The predicted octanol–water partition coefficient (Wildman–Crippen LogP) is 0.849. The number of hydrogen-bond donors (Lipinski definition) is 2. The van der Waals surface area contributed by atoms with Crippen LogP contribution in [0, 0.1) is 5.92 Å². The Kier molecular flexibility index (Phi) is 5.19. The maximum atomic E-state index is 12.0. The van der Waals surface area contributed by atoms with E-state index in [9.17, 15) is 9.90 Å². The van der Waals surface area contributed by atoms with E-state index >= 15 is 0 Å². The number of carbonyl (C=O) groups excluding carboxylic acids is 1. The van der Waals surface area contributed by atoms with E-state index in [1.807, 2.05) is 6.92 Å². The average Bonchev–Trinajstić information content (AvgIpc) is 2.63. The molecule has 1 atom stereocenters. The fraction of sp³-hybridized carbons (Fsp3) is 0.929. The summed E-state index contributed by atoms with van der Waals surface area (Å²) in [7, 11) is 0. The highest BCUT2D eigenvalue weighted by Crippen LogP contribution is 2.34. The summed E-state index contributed by atoms with van der Waals surface area (Å²) in [6.45, 7) is 4.38. The quantitative estimate of drug-likeness (QED) is 0.778. The molecule has 1 heterocycles. The summed E-state index contributed by atoms with van der Waals surface area (Å²) < 4.78 is 10.8. The van der Waals surface area contributed by atoms with Crippen molar-refractivity contribution in [1.82, 2.24) is 5.32 Å². The molecule has 1 unspecified atom stereocenters. The number of nitrogens with one attached hydrogen (secondary N) is 1. The standard InChI is InChI=1S/C14H25NO4/c1-2-19-12-8-14(17,9-12)10-15-13(16)11-4-3-6-18-7-5-11/h11-12,17H,2-10H2,1H3,(H,15,16). The third-order valence-electron chi connectivity index (χ3n) is 4.03. The molecule has 0 bridgehead atoms. The minimum Gasteiger partial charge on any atom is -0.388 e. The van der Waals surface area contributed by atoms with Gasteiger partial charge in [-0.05, 0) is 26.2 Å². The molecule has 1 saturated heterocycles. The van der Waals surface area contributed by atoms with Crippen LogP contribution in [0.25, 0.3) is 0 Å².